The minimum Gasteiger partial charge on any atom is -0.316 e. The first-order chi connectivity index (χ1) is 13.0. The molecule has 1 aliphatic heterocycles. The zero-order valence-corrected chi connectivity index (χ0v) is 16.6. The number of benzene rings is 2. The van der Waals surface area contributed by atoms with Crippen molar-refractivity contribution in [1.82, 2.24) is 14.2 Å². The van der Waals surface area contributed by atoms with Gasteiger partial charge in [0.15, 0.2) is 0 Å². The van der Waals surface area contributed by atoms with Gasteiger partial charge in [-0.15, -0.1) is 0 Å². The molecule has 3 aromatic rings. The number of fused-ring (bicyclic) bond motifs is 2. The van der Waals surface area contributed by atoms with Crippen LogP contribution in [0.25, 0.3) is 10.9 Å². The summed E-state index contributed by atoms with van der Waals surface area (Å²) in [5.74, 6) is 0. The lowest BCUT2D eigenvalue weighted by Gasteiger charge is -2.11. The van der Waals surface area contributed by atoms with Gasteiger partial charge in [0.05, 0.1) is 10.4 Å². The zero-order valence-electron chi connectivity index (χ0n) is 15.8. The lowest BCUT2D eigenvalue weighted by atomic mass is 10.0. The van der Waals surface area contributed by atoms with E-state index in [-0.39, 0.29) is 0 Å². The molecule has 0 atom stereocenters. The van der Waals surface area contributed by atoms with E-state index in [1.807, 2.05) is 55.4 Å². The van der Waals surface area contributed by atoms with Gasteiger partial charge < -0.3 is 10.2 Å². The average molecular weight is 384 g/mol. The molecule has 0 saturated heterocycles. The molecule has 1 aromatic heterocycles. The summed E-state index contributed by atoms with van der Waals surface area (Å²) in [5.41, 5.74) is 4.11. The van der Waals surface area contributed by atoms with Crippen LogP contribution in [0.4, 0.5) is 0 Å². The van der Waals surface area contributed by atoms with Crippen LogP contribution in [0.2, 0.25) is 0 Å². The van der Waals surface area contributed by atoms with Crippen molar-refractivity contribution >= 4 is 20.9 Å². The van der Waals surface area contributed by atoms with E-state index in [2.05, 4.69) is 5.32 Å². The summed E-state index contributed by atoms with van der Waals surface area (Å²) in [6, 6.07) is 13.3. The van der Waals surface area contributed by atoms with Gasteiger partial charge in [0, 0.05) is 18.1 Å². The van der Waals surface area contributed by atoms with Crippen LogP contribution >= 0.6 is 0 Å². The predicted octanol–water partition coefficient (Wildman–Crippen LogP) is 2.63. The zero-order chi connectivity index (χ0) is 19.0. The monoisotopic (exact) mass is 383 g/mol. The summed E-state index contributed by atoms with van der Waals surface area (Å²) in [4.78, 5) is 2.41. The average Bonchev–Trinajstić information content (AvgIpc) is 2.85. The fourth-order valence-corrected chi connectivity index (χ4v) is 5.25. The molecule has 0 amide bonds. The Hall–Kier alpha value is -2.15. The third-order valence-corrected chi connectivity index (χ3v) is 6.79. The summed E-state index contributed by atoms with van der Waals surface area (Å²) < 4.78 is 28.3. The molecule has 1 N–H and O–H groups in total. The van der Waals surface area contributed by atoms with Crippen LogP contribution in [0.1, 0.15) is 16.7 Å². The van der Waals surface area contributed by atoms with Crippen LogP contribution in [-0.4, -0.2) is 44.5 Å². The van der Waals surface area contributed by atoms with E-state index in [0.29, 0.717) is 11.4 Å². The minimum atomic E-state index is -3.65. The molecule has 0 radical (unpaired) electrons. The van der Waals surface area contributed by atoms with Gasteiger partial charge in [0.1, 0.15) is 0 Å². The van der Waals surface area contributed by atoms with Crippen molar-refractivity contribution in [2.24, 2.45) is 0 Å². The first-order valence-corrected chi connectivity index (χ1v) is 10.7. The van der Waals surface area contributed by atoms with Crippen molar-refractivity contribution in [2.75, 3.05) is 27.2 Å². The fourth-order valence-electron chi connectivity index (χ4n) is 3.81. The van der Waals surface area contributed by atoms with Gasteiger partial charge in [-0.1, -0.05) is 24.3 Å². The van der Waals surface area contributed by atoms with Crippen LogP contribution in [-0.2, 0) is 29.4 Å². The van der Waals surface area contributed by atoms with E-state index in [9.17, 15) is 8.42 Å². The number of nitrogens with zero attached hydrogens (tertiary/aromatic N) is 2. The molecule has 4 rings (SSSR count). The molecule has 0 aliphatic carbocycles. The number of hydrogen-bond acceptors (Lipinski definition) is 4. The number of para-hydroxylation sites is 1. The Kier molecular flexibility index (Phi) is 4.80. The maximum atomic E-state index is 13.5. The Morgan fingerprint density at radius 3 is 2.56 bits per heavy atom. The highest BCUT2D eigenvalue weighted by atomic mass is 32.2. The molecule has 142 valence electrons. The lowest BCUT2D eigenvalue weighted by Crippen LogP contribution is -2.16. The first kappa shape index (κ1) is 18.2. The molecule has 0 bridgehead atoms. The molecule has 27 heavy (non-hydrogen) atoms. The second-order valence-electron chi connectivity index (χ2n) is 7.39. The minimum absolute atomic E-state index is 0.361. The number of nitrogens with one attached hydrogen (secondary N) is 1. The van der Waals surface area contributed by atoms with Crippen molar-refractivity contribution in [3.63, 3.8) is 0 Å². The lowest BCUT2D eigenvalue weighted by molar-refractivity contribution is 0.404. The van der Waals surface area contributed by atoms with E-state index < -0.39 is 10.0 Å². The van der Waals surface area contributed by atoms with Crippen molar-refractivity contribution in [1.29, 1.82) is 0 Å². The van der Waals surface area contributed by atoms with Crippen LogP contribution in [0.3, 0.4) is 0 Å². The molecule has 2 heterocycles. The Labute approximate surface area is 160 Å². The molecule has 0 saturated carbocycles. The number of hydrogen-bond donors (Lipinski definition) is 1. The van der Waals surface area contributed by atoms with E-state index in [4.69, 9.17) is 0 Å². The maximum Gasteiger partial charge on any atom is 0.268 e. The highest BCUT2D eigenvalue weighted by Crippen LogP contribution is 2.28. The third-order valence-electron chi connectivity index (χ3n) is 5.12. The second kappa shape index (κ2) is 7.11. The molecule has 0 spiro atoms. The standard InChI is InChI=1S/C21H25N3O2S/c1-23(2)14-18-15-24(21-6-4-3-5-20(18)21)27(25,26)19-8-7-16-9-11-22-12-10-17(16)13-19/h3-8,13,15,22H,9-12,14H2,1-2H3. The Bertz CT molecular complexity index is 1080. The summed E-state index contributed by atoms with van der Waals surface area (Å²) in [7, 11) is 0.326. The van der Waals surface area contributed by atoms with Gasteiger partial charge in [-0.3, -0.25) is 0 Å². The third kappa shape index (κ3) is 3.40. The molecule has 1 aliphatic rings. The van der Waals surface area contributed by atoms with Gasteiger partial charge in [-0.2, -0.15) is 0 Å². The summed E-state index contributed by atoms with van der Waals surface area (Å²) in [6.45, 7) is 2.52. The summed E-state index contributed by atoms with van der Waals surface area (Å²) >= 11 is 0. The topological polar surface area (TPSA) is 54.3 Å². The number of aromatic nitrogens is 1. The Morgan fingerprint density at radius 2 is 1.78 bits per heavy atom. The summed E-state index contributed by atoms with van der Waals surface area (Å²) in [6.07, 6.45) is 3.57. The van der Waals surface area contributed by atoms with Crippen molar-refractivity contribution in [2.45, 2.75) is 24.3 Å². The van der Waals surface area contributed by atoms with Gasteiger partial charge in [-0.25, -0.2) is 12.4 Å². The summed E-state index contributed by atoms with van der Waals surface area (Å²) in [5, 5.41) is 4.35. The van der Waals surface area contributed by atoms with Crippen molar-refractivity contribution < 1.29 is 8.42 Å². The largest absolute Gasteiger partial charge is 0.316 e. The fraction of sp³-hybridized carbons (Fsp3) is 0.333. The van der Waals surface area contributed by atoms with Gasteiger partial charge in [-0.05, 0) is 74.9 Å². The smallest absolute Gasteiger partial charge is 0.268 e. The van der Waals surface area contributed by atoms with Gasteiger partial charge >= 0.3 is 0 Å². The normalized spacial score (nSPS) is 15.1. The quantitative estimate of drug-likeness (QED) is 0.753. The SMILES string of the molecule is CN(C)Cc1cn(S(=O)(=O)c2ccc3c(c2)CCNCC3)c2ccccc12. The van der Waals surface area contributed by atoms with Crippen LogP contribution in [0.5, 0.6) is 0 Å². The van der Waals surface area contributed by atoms with E-state index in [1.54, 1.807) is 12.3 Å². The number of rotatable bonds is 4. The van der Waals surface area contributed by atoms with Gasteiger partial charge in [0.2, 0.25) is 0 Å². The molecular formula is C21H25N3O2S. The van der Waals surface area contributed by atoms with E-state index in [1.165, 1.54) is 9.54 Å². The first-order valence-electron chi connectivity index (χ1n) is 9.28. The van der Waals surface area contributed by atoms with Crippen LogP contribution < -0.4 is 5.32 Å². The Morgan fingerprint density at radius 1 is 1.04 bits per heavy atom. The van der Waals surface area contributed by atoms with E-state index >= 15 is 0 Å². The molecule has 5 nitrogen and oxygen atoms in total. The molecule has 0 unspecified atom stereocenters. The van der Waals surface area contributed by atoms with Crippen LogP contribution in [0.15, 0.2) is 53.6 Å². The highest BCUT2D eigenvalue weighted by molar-refractivity contribution is 7.90. The second-order valence-corrected chi connectivity index (χ2v) is 9.21. The maximum absolute atomic E-state index is 13.5. The van der Waals surface area contributed by atoms with Crippen molar-refractivity contribution in [3.8, 4) is 0 Å². The predicted molar refractivity (Wildman–Crippen MR) is 109 cm³/mol. The molecule has 0 fully saturated rings. The molecular weight excluding hydrogens is 358 g/mol. The van der Waals surface area contributed by atoms with Crippen molar-refractivity contribution in [3.05, 3.63) is 65.4 Å². The van der Waals surface area contributed by atoms with E-state index in [0.717, 1.165) is 48.0 Å². The molecule has 2 aromatic carbocycles. The highest BCUT2D eigenvalue weighted by Gasteiger charge is 2.22. The molecule has 6 heteroatoms. The van der Waals surface area contributed by atoms with Crippen LogP contribution in [0, 0.1) is 0 Å². The Balaban J connectivity index is 1.84. The van der Waals surface area contributed by atoms with Gasteiger partial charge in [0.25, 0.3) is 10.0 Å².